The standard InChI is InChI=1S/C45H62F2N4O8/c1-43(2,3)41(54)50-33(22-31-21-32(46)15-20-36(31)47)23-38(52)48-27-45(7,8)28-49-40(53)39(59-25-30-13-18-35(57-10)19-14-30)37(51-42(55)44(4,5)6)26-58-24-29-11-16-34(56-9)17-12-29/h11-21,33,37,39H,22-28H2,1-10H3,(H,48,52)(H,49,53)(H,50,54)(H,51,55)/t33?,37-,39+/m1/s1. The van der Waals surface area contributed by atoms with Gasteiger partial charge in [0.25, 0.3) is 5.91 Å². The minimum absolute atomic E-state index is 0.0342. The molecule has 3 rings (SSSR count). The van der Waals surface area contributed by atoms with Crippen molar-refractivity contribution in [2.24, 2.45) is 16.2 Å². The zero-order valence-electron chi connectivity index (χ0n) is 36.1. The van der Waals surface area contributed by atoms with Crippen LogP contribution >= 0.6 is 0 Å². The van der Waals surface area contributed by atoms with Crippen molar-refractivity contribution in [2.45, 2.75) is 99.6 Å². The molecular formula is C45H62F2N4O8. The number of halogens is 2. The van der Waals surface area contributed by atoms with Crippen molar-refractivity contribution in [3.05, 3.63) is 95.1 Å². The molecule has 3 aromatic rings. The van der Waals surface area contributed by atoms with E-state index < -0.39 is 57.9 Å². The summed E-state index contributed by atoms with van der Waals surface area (Å²) >= 11 is 0. The van der Waals surface area contributed by atoms with Gasteiger partial charge in [-0.2, -0.15) is 0 Å². The van der Waals surface area contributed by atoms with Gasteiger partial charge in [-0.05, 0) is 71.0 Å². The second-order valence-corrected chi connectivity index (χ2v) is 17.5. The fraction of sp³-hybridized carbons (Fsp3) is 0.511. The Bertz CT molecular complexity index is 1840. The van der Waals surface area contributed by atoms with E-state index in [-0.39, 0.29) is 63.1 Å². The molecule has 0 aliphatic heterocycles. The zero-order valence-corrected chi connectivity index (χ0v) is 36.1. The van der Waals surface area contributed by atoms with Gasteiger partial charge in [0, 0.05) is 36.4 Å². The molecule has 1 unspecified atom stereocenters. The highest BCUT2D eigenvalue weighted by Gasteiger charge is 2.35. The summed E-state index contributed by atoms with van der Waals surface area (Å²) in [6.07, 6.45) is -1.50. The molecule has 12 nitrogen and oxygen atoms in total. The highest BCUT2D eigenvalue weighted by atomic mass is 19.1. The van der Waals surface area contributed by atoms with Crippen LogP contribution in [0, 0.1) is 27.9 Å². The van der Waals surface area contributed by atoms with E-state index in [1.54, 1.807) is 67.9 Å². The number of rotatable bonds is 21. The molecule has 3 atom stereocenters. The van der Waals surface area contributed by atoms with Crippen LogP contribution in [-0.4, -0.2) is 75.7 Å². The minimum atomic E-state index is -1.19. The Morgan fingerprint density at radius 1 is 0.678 bits per heavy atom. The van der Waals surface area contributed by atoms with E-state index in [2.05, 4.69) is 21.3 Å². The zero-order chi connectivity index (χ0) is 44.0. The lowest BCUT2D eigenvalue weighted by Crippen LogP contribution is -2.56. The van der Waals surface area contributed by atoms with Gasteiger partial charge in [-0.1, -0.05) is 79.7 Å². The predicted octanol–water partition coefficient (Wildman–Crippen LogP) is 6.04. The van der Waals surface area contributed by atoms with Crippen LogP contribution in [0.1, 0.15) is 78.5 Å². The molecule has 3 aromatic carbocycles. The quantitative estimate of drug-likeness (QED) is 0.102. The lowest BCUT2D eigenvalue weighted by Gasteiger charge is -2.32. The topological polar surface area (TPSA) is 153 Å². The molecule has 0 aliphatic carbocycles. The molecular weight excluding hydrogens is 763 g/mol. The summed E-state index contributed by atoms with van der Waals surface area (Å²) in [7, 11) is 3.15. The van der Waals surface area contributed by atoms with Crippen LogP contribution in [0.5, 0.6) is 11.5 Å². The van der Waals surface area contributed by atoms with Crippen LogP contribution < -0.4 is 30.7 Å². The van der Waals surface area contributed by atoms with E-state index in [9.17, 15) is 28.0 Å². The summed E-state index contributed by atoms with van der Waals surface area (Å²) in [4.78, 5) is 53.6. The maximum absolute atomic E-state index is 14.6. The van der Waals surface area contributed by atoms with Crippen molar-refractivity contribution in [1.29, 1.82) is 0 Å². The summed E-state index contributed by atoms with van der Waals surface area (Å²) in [5.74, 6) is -1.51. The lowest BCUT2D eigenvalue weighted by atomic mass is 9.92. The highest BCUT2D eigenvalue weighted by Crippen LogP contribution is 2.20. The number of hydrogen-bond acceptors (Lipinski definition) is 8. The van der Waals surface area contributed by atoms with Crippen molar-refractivity contribution in [2.75, 3.05) is 33.9 Å². The SMILES string of the molecule is COc1ccc(COC[C@@H](NC(=O)C(C)(C)C)[C@H](OCc2ccc(OC)cc2)C(=O)NCC(C)(C)CNC(=O)CC(Cc2cc(F)ccc2F)NC(=O)C(C)(C)C)cc1. The molecule has 0 fully saturated rings. The van der Waals surface area contributed by atoms with E-state index in [1.807, 2.05) is 50.2 Å². The van der Waals surface area contributed by atoms with Gasteiger partial charge in [0.2, 0.25) is 17.7 Å². The Kier molecular flexibility index (Phi) is 17.8. The van der Waals surface area contributed by atoms with Crippen molar-refractivity contribution in [3.63, 3.8) is 0 Å². The van der Waals surface area contributed by atoms with Crippen LogP contribution in [0.2, 0.25) is 0 Å². The minimum Gasteiger partial charge on any atom is -0.497 e. The van der Waals surface area contributed by atoms with Crippen molar-refractivity contribution in [1.82, 2.24) is 21.3 Å². The van der Waals surface area contributed by atoms with E-state index in [0.717, 1.165) is 29.3 Å². The Morgan fingerprint density at radius 2 is 1.20 bits per heavy atom. The fourth-order valence-corrected chi connectivity index (χ4v) is 5.56. The molecule has 0 bridgehead atoms. The molecule has 59 heavy (non-hydrogen) atoms. The van der Waals surface area contributed by atoms with Gasteiger partial charge >= 0.3 is 0 Å². The highest BCUT2D eigenvalue weighted by molar-refractivity contribution is 5.85. The van der Waals surface area contributed by atoms with Gasteiger partial charge in [-0.15, -0.1) is 0 Å². The van der Waals surface area contributed by atoms with Crippen LogP contribution in [0.25, 0.3) is 0 Å². The number of nitrogens with one attached hydrogen (secondary N) is 4. The van der Waals surface area contributed by atoms with Gasteiger partial charge in [-0.3, -0.25) is 19.2 Å². The average Bonchev–Trinajstić information content (AvgIpc) is 3.17. The molecule has 324 valence electrons. The van der Waals surface area contributed by atoms with E-state index in [1.165, 1.54) is 0 Å². The van der Waals surface area contributed by atoms with Crippen molar-refractivity contribution >= 4 is 23.6 Å². The number of benzene rings is 3. The third-order valence-corrected chi connectivity index (χ3v) is 9.36. The first kappa shape index (κ1) is 48.3. The number of ether oxygens (including phenoxy) is 4. The number of carbonyl (C=O) groups is 4. The second kappa shape index (κ2) is 21.8. The van der Waals surface area contributed by atoms with Gasteiger partial charge in [0.15, 0.2) is 6.10 Å². The Morgan fingerprint density at radius 3 is 1.75 bits per heavy atom. The lowest BCUT2D eigenvalue weighted by molar-refractivity contribution is -0.141. The number of hydrogen-bond donors (Lipinski definition) is 4. The van der Waals surface area contributed by atoms with Gasteiger partial charge in [-0.25, -0.2) is 8.78 Å². The third kappa shape index (κ3) is 16.6. The van der Waals surface area contributed by atoms with Crippen LogP contribution in [0.4, 0.5) is 8.78 Å². The summed E-state index contributed by atoms with van der Waals surface area (Å²) in [6.45, 7) is 14.5. The Labute approximate surface area is 347 Å². The maximum atomic E-state index is 14.6. The molecule has 0 saturated carbocycles. The first-order valence-corrected chi connectivity index (χ1v) is 19.7. The van der Waals surface area contributed by atoms with Gasteiger partial charge in [0.05, 0.1) is 40.1 Å². The van der Waals surface area contributed by atoms with E-state index in [0.29, 0.717) is 11.5 Å². The van der Waals surface area contributed by atoms with Crippen molar-refractivity contribution in [3.8, 4) is 11.5 Å². The number of methoxy groups -OCH3 is 2. The molecule has 0 radical (unpaired) electrons. The Balaban J connectivity index is 1.76. The number of amides is 4. The monoisotopic (exact) mass is 824 g/mol. The number of carbonyl (C=O) groups excluding carboxylic acids is 4. The van der Waals surface area contributed by atoms with Gasteiger partial charge < -0.3 is 40.2 Å². The summed E-state index contributed by atoms with van der Waals surface area (Å²) < 4.78 is 51.4. The Hall–Kier alpha value is -5.08. The normalized spacial score (nSPS) is 13.4. The van der Waals surface area contributed by atoms with Gasteiger partial charge in [0.1, 0.15) is 23.1 Å². The molecule has 4 amide bonds. The molecule has 0 aromatic heterocycles. The molecule has 14 heteroatoms. The van der Waals surface area contributed by atoms with E-state index >= 15 is 0 Å². The van der Waals surface area contributed by atoms with Crippen LogP contribution in [0.3, 0.4) is 0 Å². The molecule has 4 N–H and O–H groups in total. The predicted molar refractivity (Wildman–Crippen MR) is 221 cm³/mol. The largest absolute Gasteiger partial charge is 0.497 e. The first-order chi connectivity index (χ1) is 27.6. The van der Waals surface area contributed by atoms with Crippen LogP contribution in [0.15, 0.2) is 66.7 Å². The van der Waals surface area contributed by atoms with Crippen LogP contribution in [-0.2, 0) is 48.3 Å². The first-order valence-electron chi connectivity index (χ1n) is 19.7. The molecule has 0 spiro atoms. The fourth-order valence-electron chi connectivity index (χ4n) is 5.56. The smallest absolute Gasteiger partial charge is 0.251 e. The summed E-state index contributed by atoms with van der Waals surface area (Å²) in [5, 5.41) is 11.6. The maximum Gasteiger partial charge on any atom is 0.251 e. The summed E-state index contributed by atoms with van der Waals surface area (Å²) in [6, 6.07) is 15.9. The third-order valence-electron chi connectivity index (χ3n) is 9.36. The average molecular weight is 825 g/mol. The summed E-state index contributed by atoms with van der Waals surface area (Å²) in [5.41, 5.74) is -0.607. The van der Waals surface area contributed by atoms with E-state index in [4.69, 9.17) is 18.9 Å². The van der Waals surface area contributed by atoms with Crippen molar-refractivity contribution < 1.29 is 46.9 Å². The molecule has 0 saturated heterocycles. The second-order valence-electron chi connectivity index (χ2n) is 17.5. The molecule has 0 heterocycles. The molecule has 0 aliphatic rings.